The number of fused-ring (bicyclic) bond motifs is 1. The maximum atomic E-state index is 14.0. The van der Waals surface area contributed by atoms with E-state index in [0.717, 1.165) is 29.9 Å². The van der Waals surface area contributed by atoms with Crippen molar-refractivity contribution < 1.29 is 9.18 Å². The Morgan fingerprint density at radius 2 is 1.80 bits per heavy atom. The number of hydrogen-bond acceptors (Lipinski definition) is 5. The number of likely N-dealkylation sites (tertiary alicyclic amines) is 1. The fourth-order valence-electron chi connectivity index (χ4n) is 4.51. The molecule has 3 heterocycles. The number of rotatable bonds is 4. The summed E-state index contributed by atoms with van der Waals surface area (Å²) in [5.41, 5.74) is 1.67. The molecule has 0 spiro atoms. The summed E-state index contributed by atoms with van der Waals surface area (Å²) in [4.78, 5) is 24.0. The molecule has 0 bridgehead atoms. The van der Waals surface area contributed by atoms with E-state index < -0.39 is 0 Å². The fraction of sp³-hybridized carbons (Fsp3) is 0.391. The first-order chi connectivity index (χ1) is 14.7. The Morgan fingerprint density at radius 1 is 1.03 bits per heavy atom. The van der Waals surface area contributed by atoms with E-state index in [1.165, 1.54) is 10.8 Å². The van der Waals surface area contributed by atoms with Crippen LogP contribution in [0.4, 0.5) is 10.1 Å². The zero-order valence-electron chi connectivity index (χ0n) is 16.8. The average Bonchev–Trinajstić information content (AvgIpc) is 3.40. The van der Waals surface area contributed by atoms with E-state index in [4.69, 9.17) is 4.98 Å². The standard InChI is InChI=1S/C23H25FN4OS/c24-17-6-1-3-8-19(17)26-12-14-27(15-13-26)22(29)16-28-11-5-9-20(28)23-25-18-7-2-4-10-21(18)30-23/h1-4,6-8,10,20H,5,9,11-16H2/t20-/m1/s1. The van der Waals surface area contributed by atoms with Crippen LogP contribution in [0, 0.1) is 5.82 Å². The highest BCUT2D eigenvalue weighted by Gasteiger charge is 2.32. The Labute approximate surface area is 179 Å². The number of nitrogens with zero attached hydrogens (tertiary/aromatic N) is 4. The Bertz CT molecular complexity index is 1010. The summed E-state index contributed by atoms with van der Waals surface area (Å²) in [6, 6.07) is 15.3. The number of thiazole rings is 1. The van der Waals surface area contributed by atoms with Crippen molar-refractivity contribution in [1.82, 2.24) is 14.8 Å². The molecule has 0 N–H and O–H groups in total. The van der Waals surface area contributed by atoms with Crippen molar-refractivity contribution in [3.63, 3.8) is 0 Å². The Morgan fingerprint density at radius 3 is 2.60 bits per heavy atom. The molecule has 5 rings (SSSR count). The van der Waals surface area contributed by atoms with Gasteiger partial charge in [0, 0.05) is 26.2 Å². The molecule has 2 aliphatic heterocycles. The Balaban J connectivity index is 1.21. The van der Waals surface area contributed by atoms with E-state index in [-0.39, 0.29) is 17.8 Å². The van der Waals surface area contributed by atoms with E-state index in [9.17, 15) is 9.18 Å². The highest BCUT2D eigenvalue weighted by molar-refractivity contribution is 7.18. The normalized spacial score (nSPS) is 20.2. The SMILES string of the molecule is O=C(CN1CCC[C@@H]1c1nc2ccccc2s1)N1CCN(c2ccccc2F)CC1. The number of anilines is 1. The van der Waals surface area contributed by atoms with Crippen molar-refractivity contribution in [1.29, 1.82) is 0 Å². The number of para-hydroxylation sites is 2. The zero-order chi connectivity index (χ0) is 20.5. The van der Waals surface area contributed by atoms with Crippen LogP contribution in [0.1, 0.15) is 23.9 Å². The molecule has 2 fully saturated rings. The molecule has 7 heteroatoms. The van der Waals surface area contributed by atoms with Gasteiger partial charge >= 0.3 is 0 Å². The molecule has 30 heavy (non-hydrogen) atoms. The summed E-state index contributed by atoms with van der Waals surface area (Å²) in [5.74, 6) is -0.0378. The monoisotopic (exact) mass is 424 g/mol. The van der Waals surface area contributed by atoms with Crippen molar-refractivity contribution in [2.24, 2.45) is 0 Å². The molecule has 1 atom stereocenters. The molecule has 0 saturated carbocycles. The Hall–Kier alpha value is -2.51. The maximum absolute atomic E-state index is 14.0. The van der Waals surface area contributed by atoms with Crippen LogP contribution in [0.15, 0.2) is 48.5 Å². The van der Waals surface area contributed by atoms with E-state index >= 15 is 0 Å². The van der Waals surface area contributed by atoms with Gasteiger partial charge in [0.1, 0.15) is 10.8 Å². The van der Waals surface area contributed by atoms with Gasteiger partial charge in [0.05, 0.1) is 28.5 Å². The number of carbonyl (C=O) groups excluding carboxylic acids is 1. The van der Waals surface area contributed by atoms with Gasteiger partial charge in [0.25, 0.3) is 0 Å². The summed E-state index contributed by atoms with van der Waals surface area (Å²) in [7, 11) is 0. The number of halogens is 1. The lowest BCUT2D eigenvalue weighted by Gasteiger charge is -2.37. The summed E-state index contributed by atoms with van der Waals surface area (Å²) in [6.07, 6.45) is 2.14. The molecule has 0 radical (unpaired) electrons. The smallest absolute Gasteiger partial charge is 0.236 e. The predicted octanol–water partition coefficient (Wildman–Crippen LogP) is 3.92. The van der Waals surface area contributed by atoms with Crippen LogP contribution >= 0.6 is 11.3 Å². The molecular formula is C23H25FN4OS. The molecule has 1 aromatic heterocycles. The second kappa shape index (κ2) is 8.32. The van der Waals surface area contributed by atoms with Gasteiger partial charge in [-0.3, -0.25) is 9.69 Å². The van der Waals surface area contributed by atoms with Gasteiger partial charge < -0.3 is 9.80 Å². The number of amides is 1. The highest BCUT2D eigenvalue weighted by Crippen LogP contribution is 2.36. The van der Waals surface area contributed by atoms with Gasteiger partial charge in [0.2, 0.25) is 5.91 Å². The summed E-state index contributed by atoms with van der Waals surface area (Å²) in [6.45, 7) is 3.95. The minimum Gasteiger partial charge on any atom is -0.366 e. The number of aromatic nitrogens is 1. The number of piperazine rings is 1. The third-order valence-corrected chi connectivity index (χ3v) is 7.26. The third-order valence-electron chi connectivity index (χ3n) is 6.12. The first-order valence-electron chi connectivity index (χ1n) is 10.6. The zero-order valence-corrected chi connectivity index (χ0v) is 17.7. The first kappa shape index (κ1) is 19.5. The van der Waals surface area contributed by atoms with E-state index in [1.54, 1.807) is 23.5 Å². The topological polar surface area (TPSA) is 39.7 Å². The average molecular weight is 425 g/mol. The molecule has 2 aromatic carbocycles. The van der Waals surface area contributed by atoms with Crippen LogP contribution < -0.4 is 4.90 Å². The summed E-state index contributed by atoms with van der Waals surface area (Å²) < 4.78 is 15.3. The van der Waals surface area contributed by atoms with Crippen LogP contribution in [0.25, 0.3) is 10.2 Å². The predicted molar refractivity (Wildman–Crippen MR) is 118 cm³/mol. The molecule has 1 amide bonds. The van der Waals surface area contributed by atoms with Crippen LogP contribution in [0.2, 0.25) is 0 Å². The number of benzene rings is 2. The number of hydrogen-bond donors (Lipinski definition) is 0. The maximum Gasteiger partial charge on any atom is 0.236 e. The second-order valence-electron chi connectivity index (χ2n) is 7.97. The van der Waals surface area contributed by atoms with Crippen LogP contribution in [0.3, 0.4) is 0 Å². The van der Waals surface area contributed by atoms with Crippen molar-refractivity contribution in [3.8, 4) is 0 Å². The van der Waals surface area contributed by atoms with E-state index in [0.29, 0.717) is 38.4 Å². The molecule has 0 aliphatic carbocycles. The third kappa shape index (κ3) is 3.79. The van der Waals surface area contributed by atoms with Gasteiger partial charge in [-0.15, -0.1) is 11.3 Å². The van der Waals surface area contributed by atoms with E-state index in [1.807, 2.05) is 28.0 Å². The van der Waals surface area contributed by atoms with Crippen molar-refractivity contribution in [3.05, 3.63) is 59.4 Å². The molecule has 2 saturated heterocycles. The van der Waals surface area contributed by atoms with Gasteiger partial charge in [-0.1, -0.05) is 24.3 Å². The van der Waals surface area contributed by atoms with Crippen molar-refractivity contribution in [2.75, 3.05) is 44.2 Å². The minimum atomic E-state index is -0.201. The van der Waals surface area contributed by atoms with E-state index in [2.05, 4.69) is 17.0 Å². The quantitative estimate of drug-likeness (QED) is 0.637. The number of carbonyl (C=O) groups is 1. The van der Waals surface area contributed by atoms with Crippen LogP contribution in [-0.2, 0) is 4.79 Å². The van der Waals surface area contributed by atoms with Gasteiger partial charge in [-0.2, -0.15) is 0 Å². The second-order valence-corrected chi connectivity index (χ2v) is 9.03. The summed E-state index contributed by atoms with van der Waals surface area (Å²) in [5, 5.41) is 1.12. The minimum absolute atomic E-state index is 0.163. The van der Waals surface area contributed by atoms with Gasteiger partial charge in [-0.05, 0) is 43.7 Å². The first-order valence-corrected chi connectivity index (χ1v) is 11.4. The van der Waals surface area contributed by atoms with Crippen molar-refractivity contribution >= 4 is 33.1 Å². The lowest BCUT2D eigenvalue weighted by Crippen LogP contribution is -2.51. The molecule has 3 aromatic rings. The Kier molecular flexibility index (Phi) is 5.39. The lowest BCUT2D eigenvalue weighted by atomic mass is 10.2. The van der Waals surface area contributed by atoms with Crippen LogP contribution in [0.5, 0.6) is 0 Å². The molecule has 2 aliphatic rings. The fourth-order valence-corrected chi connectivity index (χ4v) is 5.64. The summed E-state index contributed by atoms with van der Waals surface area (Å²) >= 11 is 1.74. The van der Waals surface area contributed by atoms with Crippen LogP contribution in [-0.4, -0.2) is 60.0 Å². The molecular weight excluding hydrogens is 399 g/mol. The molecule has 0 unspecified atom stereocenters. The molecule has 156 valence electrons. The van der Waals surface area contributed by atoms with Crippen molar-refractivity contribution in [2.45, 2.75) is 18.9 Å². The highest BCUT2D eigenvalue weighted by atomic mass is 32.1. The largest absolute Gasteiger partial charge is 0.366 e. The van der Waals surface area contributed by atoms with Gasteiger partial charge in [-0.25, -0.2) is 9.37 Å². The molecule has 5 nitrogen and oxygen atoms in total. The lowest BCUT2D eigenvalue weighted by molar-refractivity contribution is -0.133. The van der Waals surface area contributed by atoms with Gasteiger partial charge in [0.15, 0.2) is 0 Å².